The van der Waals surface area contributed by atoms with Crippen molar-refractivity contribution in [1.82, 2.24) is 9.80 Å². The molecule has 31 heavy (non-hydrogen) atoms. The first-order valence-corrected chi connectivity index (χ1v) is 10.8. The van der Waals surface area contributed by atoms with E-state index in [0.29, 0.717) is 19.8 Å². The number of nitrogens with zero attached hydrogens (tertiary/aromatic N) is 3. The Morgan fingerprint density at radius 2 is 1.61 bits per heavy atom. The molecule has 1 N–H and O–H groups in total. The van der Waals surface area contributed by atoms with E-state index in [2.05, 4.69) is 58.3 Å². The predicted molar refractivity (Wildman–Crippen MR) is 119 cm³/mol. The summed E-state index contributed by atoms with van der Waals surface area (Å²) >= 11 is 0. The number of hydrogen-bond donors (Lipinski definition) is 1. The number of benzene rings is 2. The number of carboxylic acids is 1. The molecule has 2 aliphatic rings. The van der Waals surface area contributed by atoms with Crippen LogP contribution in [0.3, 0.4) is 0 Å². The normalized spacial score (nSPS) is 16.3. The number of rotatable bonds is 8. The van der Waals surface area contributed by atoms with Crippen molar-refractivity contribution in [1.29, 1.82) is 0 Å². The van der Waals surface area contributed by atoms with E-state index in [4.69, 9.17) is 19.6 Å². The van der Waals surface area contributed by atoms with Gasteiger partial charge in [0, 0.05) is 44.7 Å². The second kappa shape index (κ2) is 10.5. The van der Waals surface area contributed by atoms with E-state index in [1.165, 1.54) is 16.7 Å². The molecule has 164 valence electrons. The van der Waals surface area contributed by atoms with Gasteiger partial charge in [-0.15, -0.1) is 0 Å². The van der Waals surface area contributed by atoms with E-state index in [0.717, 1.165) is 50.7 Å². The second-order valence-corrected chi connectivity index (χ2v) is 7.79. The summed E-state index contributed by atoms with van der Waals surface area (Å²) in [6, 6.07) is 17.0. The molecule has 0 bridgehead atoms. The van der Waals surface area contributed by atoms with Crippen LogP contribution in [0.2, 0.25) is 0 Å². The number of carboxylic acid groups (broad SMARTS) is 1. The molecule has 0 aliphatic carbocycles. The summed E-state index contributed by atoms with van der Waals surface area (Å²) in [7, 11) is 0. The van der Waals surface area contributed by atoms with Gasteiger partial charge in [0.2, 0.25) is 0 Å². The smallest absolute Gasteiger partial charge is 0.329 e. The summed E-state index contributed by atoms with van der Waals surface area (Å²) in [5, 5.41) is 8.54. The topological polar surface area (TPSA) is 74.6 Å². The van der Waals surface area contributed by atoms with Crippen LogP contribution in [-0.2, 0) is 20.7 Å². The molecule has 2 aliphatic heterocycles. The van der Waals surface area contributed by atoms with Crippen molar-refractivity contribution in [3.05, 3.63) is 65.2 Å². The maximum atomic E-state index is 10.4. The first-order chi connectivity index (χ1) is 15.2. The van der Waals surface area contributed by atoms with Gasteiger partial charge in [0.05, 0.1) is 25.5 Å². The van der Waals surface area contributed by atoms with Crippen molar-refractivity contribution in [3.63, 3.8) is 0 Å². The van der Waals surface area contributed by atoms with Crippen molar-refractivity contribution >= 4 is 17.5 Å². The third-order valence-electron chi connectivity index (χ3n) is 5.68. The van der Waals surface area contributed by atoms with Crippen molar-refractivity contribution in [2.75, 3.05) is 59.2 Å². The van der Waals surface area contributed by atoms with Crippen LogP contribution in [0.15, 0.2) is 53.5 Å². The number of aliphatic imine (C=N–C) groups is 1. The molecule has 0 atom stereocenters. The fraction of sp³-hybridized carbons (Fsp3) is 0.417. The van der Waals surface area contributed by atoms with Gasteiger partial charge in [-0.25, -0.2) is 9.79 Å². The molecule has 1 fully saturated rings. The molecule has 7 nitrogen and oxygen atoms in total. The van der Waals surface area contributed by atoms with Crippen LogP contribution < -0.4 is 0 Å². The van der Waals surface area contributed by atoms with Gasteiger partial charge >= 0.3 is 5.97 Å². The number of fused-ring (bicyclic) bond motifs is 2. The lowest BCUT2D eigenvalue weighted by Gasteiger charge is -2.36. The Morgan fingerprint density at radius 1 is 0.903 bits per heavy atom. The summed E-state index contributed by atoms with van der Waals surface area (Å²) in [6.07, 6.45) is 0.910. The van der Waals surface area contributed by atoms with Crippen molar-refractivity contribution in [3.8, 4) is 0 Å². The van der Waals surface area contributed by atoms with Crippen LogP contribution in [0.25, 0.3) is 0 Å². The highest BCUT2D eigenvalue weighted by Crippen LogP contribution is 2.29. The Hall–Kier alpha value is -2.74. The number of piperazine rings is 1. The first kappa shape index (κ1) is 21.5. The number of carbonyl (C=O) groups is 1. The number of aliphatic carboxylic acids is 1. The van der Waals surface area contributed by atoms with E-state index in [1.807, 2.05) is 0 Å². The van der Waals surface area contributed by atoms with Gasteiger partial charge in [-0.3, -0.25) is 4.90 Å². The molecule has 0 saturated carbocycles. The third kappa shape index (κ3) is 5.70. The third-order valence-corrected chi connectivity index (χ3v) is 5.68. The van der Waals surface area contributed by atoms with Crippen LogP contribution in [0.1, 0.15) is 16.7 Å². The average molecular weight is 424 g/mol. The zero-order valence-electron chi connectivity index (χ0n) is 17.7. The highest BCUT2D eigenvalue weighted by atomic mass is 16.5. The molecule has 2 heterocycles. The molecule has 4 rings (SSSR count). The minimum atomic E-state index is -0.956. The van der Waals surface area contributed by atoms with E-state index in [9.17, 15) is 4.79 Å². The van der Waals surface area contributed by atoms with Gasteiger partial charge in [-0.05, 0) is 17.2 Å². The maximum absolute atomic E-state index is 10.4. The van der Waals surface area contributed by atoms with Gasteiger partial charge in [-0.2, -0.15) is 0 Å². The van der Waals surface area contributed by atoms with E-state index < -0.39 is 5.97 Å². The maximum Gasteiger partial charge on any atom is 0.329 e. The molecule has 1 saturated heterocycles. The van der Waals surface area contributed by atoms with Crippen LogP contribution in [-0.4, -0.2) is 85.9 Å². The van der Waals surface area contributed by atoms with Crippen molar-refractivity contribution in [2.45, 2.75) is 6.42 Å². The zero-order valence-corrected chi connectivity index (χ0v) is 17.7. The molecule has 0 amide bonds. The summed E-state index contributed by atoms with van der Waals surface area (Å²) in [6.45, 7) is 5.70. The summed E-state index contributed by atoms with van der Waals surface area (Å²) in [5.74, 6) is 0.120. The fourth-order valence-corrected chi connectivity index (χ4v) is 4.04. The molecule has 7 heteroatoms. The molecule has 0 unspecified atom stereocenters. The SMILES string of the molecule is O=C(O)COCCOCCN1CCN(C2=Nc3ccccc3Cc3ccccc32)CC1. The number of amidine groups is 1. The van der Waals surface area contributed by atoms with Crippen molar-refractivity contribution in [2.24, 2.45) is 4.99 Å². The van der Waals surface area contributed by atoms with Crippen LogP contribution >= 0.6 is 0 Å². The number of para-hydroxylation sites is 1. The lowest BCUT2D eigenvalue weighted by Crippen LogP contribution is -2.49. The van der Waals surface area contributed by atoms with E-state index >= 15 is 0 Å². The average Bonchev–Trinajstić information content (AvgIpc) is 2.95. The monoisotopic (exact) mass is 423 g/mol. The Balaban J connectivity index is 1.31. The zero-order chi connectivity index (χ0) is 21.5. The van der Waals surface area contributed by atoms with Gasteiger partial charge < -0.3 is 19.5 Å². The first-order valence-electron chi connectivity index (χ1n) is 10.8. The molecular formula is C24H29N3O4. The Morgan fingerprint density at radius 3 is 2.42 bits per heavy atom. The van der Waals surface area contributed by atoms with Crippen LogP contribution in [0.5, 0.6) is 0 Å². The molecular weight excluding hydrogens is 394 g/mol. The Bertz CT molecular complexity index is 923. The summed E-state index contributed by atoms with van der Waals surface area (Å²) in [5.41, 5.74) is 4.90. The van der Waals surface area contributed by atoms with Gasteiger partial charge in [0.1, 0.15) is 12.4 Å². The number of ether oxygens (including phenoxy) is 2. The van der Waals surface area contributed by atoms with E-state index in [-0.39, 0.29) is 6.61 Å². The minimum absolute atomic E-state index is 0.275. The summed E-state index contributed by atoms with van der Waals surface area (Å²) < 4.78 is 10.5. The Labute approximate surface area is 182 Å². The molecule has 0 spiro atoms. The molecule has 2 aromatic rings. The van der Waals surface area contributed by atoms with Gasteiger partial charge in [0.15, 0.2) is 0 Å². The summed E-state index contributed by atoms with van der Waals surface area (Å²) in [4.78, 5) is 20.3. The quantitative estimate of drug-likeness (QED) is 0.658. The Kier molecular flexibility index (Phi) is 7.30. The highest BCUT2D eigenvalue weighted by molar-refractivity contribution is 6.02. The predicted octanol–water partition coefficient (Wildman–Crippen LogP) is 2.40. The lowest BCUT2D eigenvalue weighted by atomic mass is 9.99. The largest absolute Gasteiger partial charge is 0.480 e. The molecule has 2 aromatic carbocycles. The highest BCUT2D eigenvalue weighted by Gasteiger charge is 2.24. The fourth-order valence-electron chi connectivity index (χ4n) is 4.04. The second-order valence-electron chi connectivity index (χ2n) is 7.79. The molecule has 0 radical (unpaired) electrons. The number of hydrogen-bond acceptors (Lipinski definition) is 6. The van der Waals surface area contributed by atoms with E-state index in [1.54, 1.807) is 0 Å². The van der Waals surface area contributed by atoms with Gasteiger partial charge in [0.25, 0.3) is 0 Å². The van der Waals surface area contributed by atoms with Gasteiger partial charge in [-0.1, -0.05) is 42.5 Å². The van der Waals surface area contributed by atoms with Crippen molar-refractivity contribution < 1.29 is 19.4 Å². The molecule has 0 aromatic heterocycles. The minimum Gasteiger partial charge on any atom is -0.480 e. The van der Waals surface area contributed by atoms with Crippen LogP contribution in [0, 0.1) is 0 Å². The lowest BCUT2D eigenvalue weighted by molar-refractivity contribution is -0.142. The van der Waals surface area contributed by atoms with Crippen LogP contribution in [0.4, 0.5) is 5.69 Å². The standard InChI is InChI=1S/C24H29N3O4/c28-23(29)18-31-16-15-30-14-13-26-9-11-27(12-10-26)24-21-7-3-1-5-19(21)17-20-6-2-4-8-22(20)25-24/h1-8H,9-18H2,(H,28,29).